The lowest BCUT2D eigenvalue weighted by Crippen LogP contribution is -2.12. The van der Waals surface area contributed by atoms with E-state index in [1.54, 1.807) is 31.2 Å². The van der Waals surface area contributed by atoms with E-state index in [4.69, 9.17) is 5.26 Å². The average molecular weight is 227 g/mol. The van der Waals surface area contributed by atoms with E-state index in [0.29, 0.717) is 17.0 Å². The van der Waals surface area contributed by atoms with Crippen molar-refractivity contribution in [3.63, 3.8) is 0 Å². The molecule has 0 aliphatic heterocycles. The number of aromatic amines is 1. The van der Waals surface area contributed by atoms with Gasteiger partial charge in [0, 0.05) is 5.56 Å². The number of rotatable bonds is 2. The fourth-order valence-electron chi connectivity index (χ4n) is 1.27. The van der Waals surface area contributed by atoms with Gasteiger partial charge >= 0.3 is 0 Å². The maximum Gasteiger partial charge on any atom is 0.258 e. The number of aromatic nitrogens is 3. The normalized spacial score (nSPS) is 9.65. The Morgan fingerprint density at radius 3 is 2.65 bits per heavy atom. The first kappa shape index (κ1) is 10.8. The number of hydrogen-bond acceptors (Lipinski definition) is 4. The van der Waals surface area contributed by atoms with Crippen LogP contribution in [0.1, 0.15) is 21.7 Å². The minimum atomic E-state index is -0.312. The lowest BCUT2D eigenvalue weighted by Gasteiger charge is -2.00. The highest BCUT2D eigenvalue weighted by Gasteiger charge is 2.08. The lowest BCUT2D eigenvalue weighted by molar-refractivity contribution is 0.102. The molecule has 0 fully saturated rings. The highest BCUT2D eigenvalue weighted by atomic mass is 16.1. The van der Waals surface area contributed by atoms with Crippen molar-refractivity contribution in [1.82, 2.24) is 15.2 Å². The first-order chi connectivity index (χ1) is 8.19. The van der Waals surface area contributed by atoms with Crippen LogP contribution in [0, 0.1) is 18.3 Å². The lowest BCUT2D eigenvalue weighted by atomic mass is 10.1. The number of carbonyl (C=O) groups excluding carboxylic acids is 1. The number of amides is 1. The van der Waals surface area contributed by atoms with E-state index in [2.05, 4.69) is 20.5 Å². The highest BCUT2D eigenvalue weighted by molar-refractivity contribution is 6.03. The van der Waals surface area contributed by atoms with Crippen molar-refractivity contribution in [3.05, 3.63) is 41.2 Å². The molecule has 6 nitrogen and oxygen atoms in total. The Hall–Kier alpha value is -2.68. The van der Waals surface area contributed by atoms with Gasteiger partial charge in [0.1, 0.15) is 5.82 Å². The molecule has 0 bridgehead atoms. The molecular formula is C11H9N5O. The maximum atomic E-state index is 11.7. The summed E-state index contributed by atoms with van der Waals surface area (Å²) in [4.78, 5) is 15.7. The number of nitrogens with one attached hydrogen (secondary N) is 2. The van der Waals surface area contributed by atoms with Gasteiger partial charge in [0.15, 0.2) is 0 Å². The zero-order valence-electron chi connectivity index (χ0n) is 9.06. The summed E-state index contributed by atoms with van der Waals surface area (Å²) in [6.45, 7) is 1.74. The summed E-state index contributed by atoms with van der Waals surface area (Å²) in [7, 11) is 0. The number of nitrogens with zero attached hydrogens (tertiary/aromatic N) is 3. The molecule has 1 heterocycles. The van der Waals surface area contributed by atoms with Gasteiger partial charge in [-0.3, -0.25) is 15.2 Å². The van der Waals surface area contributed by atoms with Gasteiger partial charge in [0.25, 0.3) is 5.91 Å². The van der Waals surface area contributed by atoms with Crippen molar-refractivity contribution >= 4 is 11.9 Å². The van der Waals surface area contributed by atoms with Crippen LogP contribution in [0.4, 0.5) is 5.95 Å². The van der Waals surface area contributed by atoms with Crippen LogP contribution < -0.4 is 5.32 Å². The van der Waals surface area contributed by atoms with Gasteiger partial charge in [-0.15, -0.1) is 5.10 Å². The summed E-state index contributed by atoms with van der Waals surface area (Å²) in [5.74, 6) is 0.547. The molecule has 84 valence electrons. The van der Waals surface area contributed by atoms with E-state index in [0.717, 1.165) is 0 Å². The third kappa shape index (κ3) is 2.46. The molecular weight excluding hydrogens is 218 g/mol. The smallest absolute Gasteiger partial charge is 0.258 e. The Bertz CT molecular complexity index is 579. The predicted octanol–water partition coefficient (Wildman–Crippen LogP) is 1.24. The van der Waals surface area contributed by atoms with Gasteiger partial charge in [-0.05, 0) is 31.2 Å². The number of H-pyrrole nitrogens is 1. The Labute approximate surface area is 97.3 Å². The first-order valence-corrected chi connectivity index (χ1v) is 4.89. The molecule has 0 unspecified atom stereocenters. The van der Waals surface area contributed by atoms with Crippen molar-refractivity contribution in [2.75, 3.05) is 5.32 Å². The van der Waals surface area contributed by atoms with Crippen molar-refractivity contribution < 1.29 is 4.79 Å². The first-order valence-electron chi connectivity index (χ1n) is 4.89. The fraction of sp³-hybridized carbons (Fsp3) is 0.0909. The molecule has 1 aromatic heterocycles. The predicted molar refractivity (Wildman–Crippen MR) is 60.2 cm³/mol. The second kappa shape index (κ2) is 4.45. The topological polar surface area (TPSA) is 94.5 Å². The molecule has 0 aliphatic carbocycles. The van der Waals surface area contributed by atoms with Crippen LogP contribution in [0.2, 0.25) is 0 Å². The average Bonchev–Trinajstić information content (AvgIpc) is 2.75. The van der Waals surface area contributed by atoms with Crippen LogP contribution in [0.3, 0.4) is 0 Å². The Balaban J connectivity index is 2.12. The standard InChI is InChI=1S/C11H9N5O/c1-7-13-11(16-15-7)14-10(17)9-4-2-8(6-12)3-5-9/h2-5H,1H3,(H2,13,14,15,16,17). The van der Waals surface area contributed by atoms with Crippen molar-refractivity contribution in [2.45, 2.75) is 6.92 Å². The van der Waals surface area contributed by atoms with Gasteiger partial charge in [-0.25, -0.2) is 0 Å². The van der Waals surface area contributed by atoms with Gasteiger partial charge in [-0.1, -0.05) is 0 Å². The van der Waals surface area contributed by atoms with Gasteiger partial charge in [0.2, 0.25) is 5.95 Å². The fourth-order valence-corrected chi connectivity index (χ4v) is 1.27. The highest BCUT2D eigenvalue weighted by Crippen LogP contribution is 2.06. The van der Waals surface area contributed by atoms with Crippen molar-refractivity contribution in [2.24, 2.45) is 0 Å². The van der Waals surface area contributed by atoms with Crippen molar-refractivity contribution in [1.29, 1.82) is 5.26 Å². The molecule has 0 atom stereocenters. The van der Waals surface area contributed by atoms with Crippen LogP contribution in [-0.4, -0.2) is 21.1 Å². The van der Waals surface area contributed by atoms with E-state index in [1.165, 1.54) is 0 Å². The molecule has 1 aromatic carbocycles. The van der Waals surface area contributed by atoms with E-state index in [-0.39, 0.29) is 11.9 Å². The van der Waals surface area contributed by atoms with Gasteiger partial charge in [0.05, 0.1) is 11.6 Å². The third-order valence-corrected chi connectivity index (χ3v) is 2.10. The SMILES string of the molecule is Cc1nc(NC(=O)c2ccc(C#N)cc2)n[nH]1. The number of nitriles is 1. The summed E-state index contributed by atoms with van der Waals surface area (Å²) in [5.41, 5.74) is 0.960. The quantitative estimate of drug-likeness (QED) is 0.806. The molecule has 0 saturated carbocycles. The second-order valence-electron chi connectivity index (χ2n) is 3.39. The third-order valence-electron chi connectivity index (χ3n) is 2.10. The number of benzene rings is 1. The Morgan fingerprint density at radius 1 is 1.41 bits per heavy atom. The number of hydrogen-bond donors (Lipinski definition) is 2. The van der Waals surface area contributed by atoms with Gasteiger partial charge in [-0.2, -0.15) is 10.2 Å². The van der Waals surface area contributed by atoms with Gasteiger partial charge < -0.3 is 0 Å². The monoisotopic (exact) mass is 227 g/mol. The second-order valence-corrected chi connectivity index (χ2v) is 3.39. The molecule has 2 N–H and O–H groups in total. The van der Waals surface area contributed by atoms with E-state index in [1.807, 2.05) is 6.07 Å². The molecule has 0 aliphatic rings. The van der Waals surface area contributed by atoms with Crippen LogP contribution in [0.15, 0.2) is 24.3 Å². The van der Waals surface area contributed by atoms with E-state index < -0.39 is 0 Å². The summed E-state index contributed by atoms with van der Waals surface area (Å²) in [6.07, 6.45) is 0. The molecule has 2 rings (SSSR count). The summed E-state index contributed by atoms with van der Waals surface area (Å²) in [5, 5.41) is 17.6. The number of carbonyl (C=O) groups is 1. The zero-order chi connectivity index (χ0) is 12.3. The minimum Gasteiger partial charge on any atom is -0.289 e. The largest absolute Gasteiger partial charge is 0.289 e. The molecule has 6 heteroatoms. The Morgan fingerprint density at radius 2 is 2.12 bits per heavy atom. The van der Waals surface area contributed by atoms with Crippen LogP contribution in [0.25, 0.3) is 0 Å². The van der Waals surface area contributed by atoms with E-state index in [9.17, 15) is 4.79 Å². The van der Waals surface area contributed by atoms with Crippen molar-refractivity contribution in [3.8, 4) is 6.07 Å². The Kier molecular flexibility index (Phi) is 2.83. The molecule has 1 amide bonds. The van der Waals surface area contributed by atoms with E-state index >= 15 is 0 Å². The summed E-state index contributed by atoms with van der Waals surface area (Å²) in [6, 6.07) is 8.30. The van der Waals surface area contributed by atoms with Crippen LogP contribution in [0.5, 0.6) is 0 Å². The molecule has 2 aromatic rings. The molecule has 17 heavy (non-hydrogen) atoms. The molecule has 0 spiro atoms. The minimum absolute atomic E-state index is 0.233. The number of anilines is 1. The summed E-state index contributed by atoms with van der Waals surface area (Å²) >= 11 is 0. The number of aryl methyl sites for hydroxylation is 1. The molecule has 0 saturated heterocycles. The van der Waals surface area contributed by atoms with Crippen LogP contribution >= 0.6 is 0 Å². The zero-order valence-corrected chi connectivity index (χ0v) is 9.06. The molecule has 0 radical (unpaired) electrons. The maximum absolute atomic E-state index is 11.7. The van der Waals surface area contributed by atoms with Crippen LogP contribution in [-0.2, 0) is 0 Å². The summed E-state index contributed by atoms with van der Waals surface area (Å²) < 4.78 is 0.